The van der Waals surface area contributed by atoms with Gasteiger partial charge >= 0.3 is 0 Å². The van der Waals surface area contributed by atoms with Crippen molar-refractivity contribution in [2.75, 3.05) is 12.0 Å². The van der Waals surface area contributed by atoms with Crippen molar-refractivity contribution in [3.63, 3.8) is 0 Å². The minimum Gasteiger partial charge on any atom is -0.299 e. The smallest absolute Gasteiger partial charge is 0.147 e. The predicted molar refractivity (Wildman–Crippen MR) is 55.8 cm³/mol. The Morgan fingerprint density at radius 2 is 2.07 bits per heavy atom. The van der Waals surface area contributed by atoms with Gasteiger partial charge in [0.2, 0.25) is 0 Å². The van der Waals surface area contributed by atoms with Crippen LogP contribution in [0.3, 0.4) is 0 Å². The van der Waals surface area contributed by atoms with Crippen LogP contribution < -0.4 is 0 Å². The van der Waals surface area contributed by atoms with Gasteiger partial charge in [0, 0.05) is 18.6 Å². The third-order valence-electron chi connectivity index (χ3n) is 2.86. The van der Waals surface area contributed by atoms with Crippen LogP contribution in [0.1, 0.15) is 32.6 Å². The summed E-state index contributed by atoms with van der Waals surface area (Å²) in [6.45, 7) is 2.12. The number of hydrogen-bond donors (Lipinski definition) is 0. The molecule has 1 rings (SSSR count). The highest BCUT2D eigenvalue weighted by molar-refractivity contribution is 7.90. The first-order valence-corrected chi connectivity index (χ1v) is 7.15. The highest BCUT2D eigenvalue weighted by Gasteiger charge is 2.26. The zero-order valence-electron chi connectivity index (χ0n) is 8.82. The largest absolute Gasteiger partial charge is 0.299 e. The summed E-state index contributed by atoms with van der Waals surface area (Å²) in [5.41, 5.74) is 0. The standard InChI is InChI=1S/C10H18O3S/c1-8-3-4-10(11)9(7-8)5-6-14(2,12)13/h8-9H,3-7H2,1-2H3. The fourth-order valence-corrected chi connectivity index (χ4v) is 2.68. The fraction of sp³-hybridized carbons (Fsp3) is 0.900. The van der Waals surface area contributed by atoms with Crippen molar-refractivity contribution in [3.8, 4) is 0 Å². The SMILES string of the molecule is CC1CCC(=O)C(CCS(C)(=O)=O)C1. The van der Waals surface area contributed by atoms with Crippen LogP contribution in [0.25, 0.3) is 0 Å². The van der Waals surface area contributed by atoms with Crippen LogP contribution in [-0.2, 0) is 14.6 Å². The molecule has 0 spiro atoms. The highest BCUT2D eigenvalue weighted by Crippen LogP contribution is 2.28. The highest BCUT2D eigenvalue weighted by atomic mass is 32.2. The maximum Gasteiger partial charge on any atom is 0.147 e. The second-order valence-corrected chi connectivity index (χ2v) is 6.72. The van der Waals surface area contributed by atoms with Crippen molar-refractivity contribution in [3.05, 3.63) is 0 Å². The van der Waals surface area contributed by atoms with Gasteiger partial charge in [-0.1, -0.05) is 6.92 Å². The maximum atomic E-state index is 11.5. The zero-order chi connectivity index (χ0) is 10.8. The van der Waals surface area contributed by atoms with Gasteiger partial charge in [0.15, 0.2) is 0 Å². The van der Waals surface area contributed by atoms with Crippen LogP contribution in [0, 0.1) is 11.8 Å². The molecular weight excluding hydrogens is 200 g/mol. The van der Waals surface area contributed by atoms with Crippen molar-refractivity contribution >= 4 is 15.6 Å². The molecule has 0 amide bonds. The molecule has 1 fully saturated rings. The molecule has 1 saturated carbocycles. The molecule has 0 heterocycles. The van der Waals surface area contributed by atoms with Gasteiger partial charge < -0.3 is 0 Å². The molecule has 0 saturated heterocycles. The molecule has 0 aliphatic heterocycles. The summed E-state index contributed by atoms with van der Waals surface area (Å²) in [7, 11) is -2.92. The van der Waals surface area contributed by atoms with E-state index >= 15 is 0 Å². The monoisotopic (exact) mass is 218 g/mol. The summed E-state index contributed by atoms with van der Waals surface area (Å²) in [5, 5.41) is 0. The second-order valence-electron chi connectivity index (χ2n) is 4.46. The lowest BCUT2D eigenvalue weighted by molar-refractivity contribution is -0.125. The molecule has 1 aliphatic carbocycles. The number of hydrogen-bond acceptors (Lipinski definition) is 3. The van der Waals surface area contributed by atoms with Crippen LogP contribution in [0.4, 0.5) is 0 Å². The normalized spacial score (nSPS) is 29.1. The molecule has 0 aromatic heterocycles. The zero-order valence-corrected chi connectivity index (χ0v) is 9.64. The molecule has 14 heavy (non-hydrogen) atoms. The summed E-state index contributed by atoms with van der Waals surface area (Å²) in [5.74, 6) is 0.966. The lowest BCUT2D eigenvalue weighted by Gasteiger charge is -2.25. The Labute approximate surface area is 85.8 Å². The van der Waals surface area contributed by atoms with E-state index in [1.165, 1.54) is 6.26 Å². The van der Waals surface area contributed by atoms with E-state index in [-0.39, 0.29) is 17.5 Å². The van der Waals surface area contributed by atoms with Crippen molar-refractivity contribution in [1.82, 2.24) is 0 Å². The van der Waals surface area contributed by atoms with E-state index in [0.717, 1.165) is 12.8 Å². The number of carbonyl (C=O) groups is 1. The van der Waals surface area contributed by atoms with Gasteiger partial charge in [-0.25, -0.2) is 8.42 Å². The average Bonchev–Trinajstić information content (AvgIpc) is 2.05. The number of ketones is 1. The van der Waals surface area contributed by atoms with Gasteiger partial charge in [0.25, 0.3) is 0 Å². The van der Waals surface area contributed by atoms with E-state index in [0.29, 0.717) is 18.8 Å². The van der Waals surface area contributed by atoms with Crippen LogP contribution >= 0.6 is 0 Å². The molecule has 3 nitrogen and oxygen atoms in total. The fourth-order valence-electron chi connectivity index (χ4n) is 1.96. The second kappa shape index (κ2) is 4.43. The molecule has 2 atom stereocenters. The Balaban J connectivity index is 2.46. The molecule has 0 aromatic carbocycles. The van der Waals surface area contributed by atoms with Gasteiger partial charge in [-0.2, -0.15) is 0 Å². The Hall–Kier alpha value is -0.380. The molecular formula is C10H18O3S. The van der Waals surface area contributed by atoms with Gasteiger partial charge in [-0.05, 0) is 25.2 Å². The predicted octanol–water partition coefficient (Wildman–Crippen LogP) is 1.43. The summed E-state index contributed by atoms with van der Waals surface area (Å²) < 4.78 is 21.9. The number of Topliss-reactive ketones (excluding diaryl/α,β-unsaturated/α-hetero) is 1. The van der Waals surface area contributed by atoms with Gasteiger partial charge in [0.1, 0.15) is 15.6 Å². The van der Waals surface area contributed by atoms with E-state index < -0.39 is 9.84 Å². The van der Waals surface area contributed by atoms with Gasteiger partial charge in [-0.3, -0.25) is 4.79 Å². The Kier molecular flexibility index (Phi) is 3.70. The minimum absolute atomic E-state index is 0.00604. The van der Waals surface area contributed by atoms with E-state index in [1.807, 2.05) is 0 Å². The molecule has 0 bridgehead atoms. The molecule has 4 heteroatoms. The maximum absolute atomic E-state index is 11.5. The van der Waals surface area contributed by atoms with Gasteiger partial charge in [-0.15, -0.1) is 0 Å². The third kappa shape index (κ3) is 3.78. The summed E-state index contributed by atoms with van der Waals surface area (Å²) >= 11 is 0. The Bertz CT molecular complexity index is 305. The van der Waals surface area contributed by atoms with E-state index in [4.69, 9.17) is 0 Å². The summed E-state index contributed by atoms with van der Waals surface area (Å²) in [6.07, 6.45) is 4.21. The lowest BCUT2D eigenvalue weighted by Crippen LogP contribution is -2.25. The molecule has 0 N–H and O–H groups in total. The topological polar surface area (TPSA) is 51.2 Å². The van der Waals surface area contributed by atoms with Crippen LogP contribution in [-0.4, -0.2) is 26.2 Å². The van der Waals surface area contributed by atoms with Crippen LogP contribution in [0.5, 0.6) is 0 Å². The molecule has 82 valence electrons. The summed E-state index contributed by atoms with van der Waals surface area (Å²) in [6, 6.07) is 0. The first-order chi connectivity index (χ1) is 6.38. The van der Waals surface area contributed by atoms with Crippen molar-refractivity contribution in [2.45, 2.75) is 32.6 Å². The quantitative estimate of drug-likeness (QED) is 0.720. The van der Waals surface area contributed by atoms with E-state index in [1.54, 1.807) is 0 Å². The van der Waals surface area contributed by atoms with Crippen molar-refractivity contribution < 1.29 is 13.2 Å². The molecule has 2 unspecified atom stereocenters. The molecule has 0 aromatic rings. The minimum atomic E-state index is -2.92. The van der Waals surface area contributed by atoms with Gasteiger partial charge in [0.05, 0.1) is 5.75 Å². The number of carbonyl (C=O) groups excluding carboxylic acids is 1. The Morgan fingerprint density at radius 3 is 2.64 bits per heavy atom. The Morgan fingerprint density at radius 1 is 1.43 bits per heavy atom. The van der Waals surface area contributed by atoms with E-state index in [2.05, 4.69) is 6.92 Å². The average molecular weight is 218 g/mol. The van der Waals surface area contributed by atoms with E-state index in [9.17, 15) is 13.2 Å². The first kappa shape index (κ1) is 11.7. The third-order valence-corrected chi connectivity index (χ3v) is 3.84. The summed E-state index contributed by atoms with van der Waals surface area (Å²) in [4.78, 5) is 11.5. The van der Waals surface area contributed by atoms with Crippen molar-refractivity contribution in [1.29, 1.82) is 0 Å². The lowest BCUT2D eigenvalue weighted by atomic mass is 9.80. The molecule has 1 aliphatic rings. The first-order valence-electron chi connectivity index (χ1n) is 5.09. The van der Waals surface area contributed by atoms with Crippen molar-refractivity contribution in [2.24, 2.45) is 11.8 Å². The number of rotatable bonds is 3. The van der Waals surface area contributed by atoms with Crippen LogP contribution in [0.15, 0.2) is 0 Å². The molecule has 0 radical (unpaired) electrons. The number of sulfone groups is 1. The van der Waals surface area contributed by atoms with Crippen LogP contribution in [0.2, 0.25) is 0 Å².